The first-order valence-corrected chi connectivity index (χ1v) is 9.07. The third kappa shape index (κ3) is 4.87. The molecule has 2 rings (SSSR count). The number of pyridine rings is 1. The Balaban J connectivity index is 2.46. The third-order valence-electron chi connectivity index (χ3n) is 4.20. The van der Waals surface area contributed by atoms with E-state index in [0.717, 1.165) is 6.07 Å². The predicted molar refractivity (Wildman–Crippen MR) is 95.0 cm³/mol. The number of halogens is 4. The summed E-state index contributed by atoms with van der Waals surface area (Å²) in [7, 11) is 0. The number of alkyl halides is 3. The van der Waals surface area contributed by atoms with Crippen LogP contribution in [0.4, 0.5) is 18.0 Å². The van der Waals surface area contributed by atoms with E-state index in [0.29, 0.717) is 6.07 Å². The van der Waals surface area contributed by atoms with E-state index in [2.05, 4.69) is 4.98 Å². The fourth-order valence-corrected chi connectivity index (χ4v) is 3.16. The van der Waals surface area contributed by atoms with Crippen LogP contribution in [0.2, 0.25) is 5.15 Å². The van der Waals surface area contributed by atoms with Crippen LogP contribution in [0, 0.1) is 0 Å². The summed E-state index contributed by atoms with van der Waals surface area (Å²) in [6.45, 7) is 6.56. The number of carbonyl (C=O) groups excluding carboxylic acids is 2. The van der Waals surface area contributed by atoms with Gasteiger partial charge >= 0.3 is 18.2 Å². The van der Waals surface area contributed by atoms with Crippen LogP contribution in [0.3, 0.4) is 0 Å². The zero-order valence-electron chi connectivity index (χ0n) is 16.0. The molecule has 1 aromatic heterocycles. The SMILES string of the molecule is CCOC(=O)C1(c2cc(C(F)(F)F)cc(Cl)n2)CCN(C(=O)OC(C)(C)C)C1. The number of esters is 1. The standard InChI is InChI=1S/C18H22ClF3N2O4/c1-5-27-14(25)17(6-7-24(10-17)15(26)28-16(2,3)4)12-8-11(18(20,21)22)9-13(19)23-12/h8-9H,5-7,10H2,1-4H3. The van der Waals surface area contributed by atoms with Crippen molar-refractivity contribution in [3.05, 3.63) is 28.5 Å². The van der Waals surface area contributed by atoms with Crippen molar-refractivity contribution in [1.29, 1.82) is 0 Å². The highest BCUT2D eigenvalue weighted by molar-refractivity contribution is 6.29. The van der Waals surface area contributed by atoms with Gasteiger partial charge in [-0.25, -0.2) is 9.78 Å². The van der Waals surface area contributed by atoms with Gasteiger partial charge in [0.2, 0.25) is 0 Å². The zero-order valence-corrected chi connectivity index (χ0v) is 16.8. The van der Waals surface area contributed by atoms with Crippen molar-refractivity contribution in [2.45, 2.75) is 51.3 Å². The van der Waals surface area contributed by atoms with Crippen molar-refractivity contribution in [3.8, 4) is 0 Å². The summed E-state index contributed by atoms with van der Waals surface area (Å²) in [5.74, 6) is -0.760. The molecule has 0 aliphatic carbocycles. The fraction of sp³-hybridized carbons (Fsp3) is 0.611. The van der Waals surface area contributed by atoms with E-state index in [1.165, 1.54) is 4.90 Å². The Bertz CT molecular complexity index is 764. The highest BCUT2D eigenvalue weighted by Crippen LogP contribution is 2.39. The van der Waals surface area contributed by atoms with Crippen LogP contribution < -0.4 is 0 Å². The number of ether oxygens (including phenoxy) is 2. The summed E-state index contributed by atoms with van der Waals surface area (Å²) in [5.41, 5.74) is -3.53. The summed E-state index contributed by atoms with van der Waals surface area (Å²) < 4.78 is 50.0. The molecule has 0 saturated carbocycles. The van der Waals surface area contributed by atoms with Gasteiger partial charge in [-0.1, -0.05) is 11.6 Å². The van der Waals surface area contributed by atoms with Crippen molar-refractivity contribution >= 4 is 23.7 Å². The molecule has 1 aliphatic heterocycles. The zero-order chi connectivity index (χ0) is 21.3. The number of carbonyl (C=O) groups is 2. The number of likely N-dealkylation sites (tertiary alicyclic amines) is 1. The van der Waals surface area contributed by atoms with Crippen molar-refractivity contribution in [2.24, 2.45) is 0 Å². The predicted octanol–water partition coefficient (Wildman–Crippen LogP) is 4.20. The van der Waals surface area contributed by atoms with Crippen molar-refractivity contribution in [2.75, 3.05) is 19.7 Å². The molecule has 1 aromatic rings. The second-order valence-corrected chi connectivity index (χ2v) is 7.90. The Morgan fingerprint density at radius 2 is 1.93 bits per heavy atom. The van der Waals surface area contributed by atoms with E-state index < -0.39 is 40.0 Å². The maximum Gasteiger partial charge on any atom is 0.416 e. The topological polar surface area (TPSA) is 68.7 Å². The minimum absolute atomic E-state index is 0.0275. The lowest BCUT2D eigenvalue weighted by atomic mass is 9.82. The number of hydrogen-bond acceptors (Lipinski definition) is 5. The average Bonchev–Trinajstić information content (AvgIpc) is 2.99. The molecule has 1 unspecified atom stereocenters. The van der Waals surface area contributed by atoms with Gasteiger partial charge in [-0.15, -0.1) is 0 Å². The van der Waals surface area contributed by atoms with Gasteiger partial charge in [0, 0.05) is 13.1 Å². The number of nitrogens with zero attached hydrogens (tertiary/aromatic N) is 2. The molecule has 0 radical (unpaired) electrons. The van der Waals surface area contributed by atoms with Gasteiger partial charge < -0.3 is 14.4 Å². The molecule has 6 nitrogen and oxygen atoms in total. The second-order valence-electron chi connectivity index (χ2n) is 7.52. The van der Waals surface area contributed by atoms with E-state index in [1.807, 2.05) is 0 Å². The summed E-state index contributed by atoms with van der Waals surface area (Å²) >= 11 is 5.80. The Labute approximate surface area is 165 Å². The highest BCUT2D eigenvalue weighted by atomic mass is 35.5. The van der Waals surface area contributed by atoms with Gasteiger partial charge in [-0.05, 0) is 46.2 Å². The number of hydrogen-bond donors (Lipinski definition) is 0. The van der Waals surface area contributed by atoms with E-state index >= 15 is 0 Å². The van der Waals surface area contributed by atoms with E-state index in [-0.39, 0.29) is 31.8 Å². The molecule has 0 bridgehead atoms. The molecule has 0 spiro atoms. The molecule has 10 heteroatoms. The normalized spacial score (nSPS) is 20.2. The number of amides is 1. The lowest BCUT2D eigenvalue weighted by Crippen LogP contribution is -2.43. The van der Waals surface area contributed by atoms with Gasteiger partial charge in [0.05, 0.1) is 17.9 Å². The maximum absolute atomic E-state index is 13.2. The van der Waals surface area contributed by atoms with Gasteiger partial charge in [0.15, 0.2) is 0 Å². The van der Waals surface area contributed by atoms with Crippen LogP contribution in [0.25, 0.3) is 0 Å². The van der Waals surface area contributed by atoms with Crippen LogP contribution in [-0.2, 0) is 25.9 Å². The molecule has 2 heterocycles. The van der Waals surface area contributed by atoms with Crippen molar-refractivity contribution in [3.63, 3.8) is 0 Å². The molecule has 28 heavy (non-hydrogen) atoms. The Kier molecular flexibility index (Phi) is 6.18. The first kappa shape index (κ1) is 22.3. The second kappa shape index (κ2) is 7.77. The van der Waals surface area contributed by atoms with Gasteiger partial charge in [0.1, 0.15) is 16.2 Å². The third-order valence-corrected chi connectivity index (χ3v) is 4.39. The van der Waals surface area contributed by atoms with Gasteiger partial charge in [-0.3, -0.25) is 4.79 Å². The van der Waals surface area contributed by atoms with Crippen molar-refractivity contribution in [1.82, 2.24) is 9.88 Å². The molecule has 1 fully saturated rings. The van der Waals surface area contributed by atoms with E-state index in [1.54, 1.807) is 27.7 Å². The summed E-state index contributed by atoms with van der Waals surface area (Å²) in [5, 5.41) is -0.399. The van der Waals surface area contributed by atoms with Crippen LogP contribution in [0.5, 0.6) is 0 Å². The Hall–Kier alpha value is -2.03. The van der Waals surface area contributed by atoms with Gasteiger partial charge in [-0.2, -0.15) is 13.2 Å². The fourth-order valence-electron chi connectivity index (χ4n) is 2.95. The van der Waals surface area contributed by atoms with Crippen LogP contribution in [0.15, 0.2) is 12.1 Å². The lowest BCUT2D eigenvalue weighted by molar-refractivity contribution is -0.150. The summed E-state index contributed by atoms with van der Waals surface area (Å²) in [6, 6.07) is 1.46. The Morgan fingerprint density at radius 3 is 2.46 bits per heavy atom. The highest BCUT2D eigenvalue weighted by Gasteiger charge is 2.51. The molecule has 0 aromatic carbocycles. The molecule has 1 atom stereocenters. The van der Waals surface area contributed by atoms with E-state index in [9.17, 15) is 22.8 Å². The van der Waals surface area contributed by atoms with E-state index in [4.69, 9.17) is 21.1 Å². The minimum atomic E-state index is -4.67. The monoisotopic (exact) mass is 422 g/mol. The first-order chi connectivity index (χ1) is 12.8. The van der Waals surface area contributed by atoms with Crippen LogP contribution in [-0.4, -0.2) is 47.2 Å². The summed E-state index contributed by atoms with van der Waals surface area (Å²) in [6.07, 6.45) is -5.30. The molecule has 156 valence electrons. The lowest BCUT2D eigenvalue weighted by Gasteiger charge is -2.28. The molecule has 1 amide bonds. The summed E-state index contributed by atoms with van der Waals surface area (Å²) in [4.78, 5) is 30.3. The smallest absolute Gasteiger partial charge is 0.416 e. The van der Waals surface area contributed by atoms with Crippen LogP contribution in [0.1, 0.15) is 45.4 Å². The van der Waals surface area contributed by atoms with Gasteiger partial charge in [0.25, 0.3) is 0 Å². The number of rotatable bonds is 3. The first-order valence-electron chi connectivity index (χ1n) is 8.69. The maximum atomic E-state index is 13.2. The Morgan fingerprint density at radius 1 is 1.29 bits per heavy atom. The molecule has 1 saturated heterocycles. The minimum Gasteiger partial charge on any atom is -0.465 e. The quantitative estimate of drug-likeness (QED) is 0.539. The molecule has 0 N–H and O–H groups in total. The number of aromatic nitrogens is 1. The van der Waals surface area contributed by atoms with Crippen LogP contribution >= 0.6 is 11.6 Å². The molecular weight excluding hydrogens is 401 g/mol. The molecular formula is C18H22ClF3N2O4. The average molecular weight is 423 g/mol. The largest absolute Gasteiger partial charge is 0.465 e. The molecule has 1 aliphatic rings. The van der Waals surface area contributed by atoms with Crippen molar-refractivity contribution < 1.29 is 32.2 Å².